The van der Waals surface area contributed by atoms with Crippen molar-refractivity contribution in [1.29, 1.82) is 0 Å². The molecular formula is C23H35N3O3. The van der Waals surface area contributed by atoms with E-state index in [1.54, 1.807) is 25.4 Å². The van der Waals surface area contributed by atoms with Crippen LogP contribution >= 0.6 is 0 Å². The molecule has 3 heterocycles. The second-order valence-corrected chi connectivity index (χ2v) is 8.84. The first-order chi connectivity index (χ1) is 14.2. The molecule has 1 aromatic heterocycles. The summed E-state index contributed by atoms with van der Waals surface area (Å²) in [5, 5.41) is 0. The highest BCUT2D eigenvalue weighted by Gasteiger charge is 2.31. The van der Waals surface area contributed by atoms with E-state index in [9.17, 15) is 4.79 Å². The van der Waals surface area contributed by atoms with Gasteiger partial charge in [0.15, 0.2) is 0 Å². The Hall–Kier alpha value is -1.66. The molecule has 1 amide bonds. The molecule has 160 valence electrons. The van der Waals surface area contributed by atoms with Gasteiger partial charge in [0.2, 0.25) is 0 Å². The van der Waals surface area contributed by atoms with Gasteiger partial charge < -0.3 is 19.3 Å². The Bertz CT molecular complexity index is 663. The highest BCUT2D eigenvalue weighted by Crippen LogP contribution is 2.28. The van der Waals surface area contributed by atoms with Crippen LogP contribution in [0, 0.1) is 5.92 Å². The van der Waals surface area contributed by atoms with Crippen molar-refractivity contribution in [2.75, 3.05) is 39.9 Å². The number of rotatable bonds is 7. The molecule has 6 nitrogen and oxygen atoms in total. The predicted molar refractivity (Wildman–Crippen MR) is 112 cm³/mol. The van der Waals surface area contributed by atoms with Gasteiger partial charge in [0.05, 0.1) is 13.2 Å². The molecule has 2 aliphatic heterocycles. The van der Waals surface area contributed by atoms with Crippen LogP contribution in [-0.2, 0) is 4.74 Å². The fraction of sp³-hybridized carbons (Fsp3) is 0.739. The lowest BCUT2D eigenvalue weighted by Gasteiger charge is -2.38. The number of hydrogen-bond acceptors (Lipinski definition) is 5. The van der Waals surface area contributed by atoms with Gasteiger partial charge in [-0.1, -0.05) is 12.8 Å². The van der Waals surface area contributed by atoms with Crippen LogP contribution in [0.25, 0.3) is 0 Å². The molecule has 1 atom stereocenters. The molecule has 0 spiro atoms. The molecule has 1 aliphatic carbocycles. The van der Waals surface area contributed by atoms with E-state index in [1.165, 1.54) is 51.6 Å². The maximum Gasteiger partial charge on any atom is 0.272 e. The lowest BCUT2D eigenvalue weighted by molar-refractivity contribution is 0.0425. The van der Waals surface area contributed by atoms with Gasteiger partial charge in [0, 0.05) is 38.0 Å². The second-order valence-electron chi connectivity index (χ2n) is 8.84. The van der Waals surface area contributed by atoms with E-state index in [2.05, 4.69) is 9.88 Å². The predicted octanol–water partition coefficient (Wildman–Crippen LogP) is 3.37. The van der Waals surface area contributed by atoms with Gasteiger partial charge in [-0.15, -0.1) is 0 Å². The Labute approximate surface area is 174 Å². The third kappa shape index (κ3) is 5.28. The van der Waals surface area contributed by atoms with E-state index in [1.807, 2.05) is 4.90 Å². The SMILES string of the molecule is COc1ccnc(C(=O)N(CC2CCN(C3CCCC3)CC2)CC2CCCO2)c1. The molecule has 2 saturated heterocycles. The zero-order chi connectivity index (χ0) is 20.1. The third-order valence-corrected chi connectivity index (χ3v) is 6.89. The van der Waals surface area contributed by atoms with Gasteiger partial charge in [-0.05, 0) is 63.6 Å². The molecule has 0 aromatic carbocycles. The Morgan fingerprint density at radius 1 is 1.17 bits per heavy atom. The van der Waals surface area contributed by atoms with Crippen molar-refractivity contribution in [2.45, 2.75) is 63.5 Å². The van der Waals surface area contributed by atoms with Crippen LogP contribution in [0.2, 0.25) is 0 Å². The summed E-state index contributed by atoms with van der Waals surface area (Å²) in [6.07, 6.45) is 11.8. The van der Waals surface area contributed by atoms with Crippen molar-refractivity contribution in [3.05, 3.63) is 24.0 Å². The van der Waals surface area contributed by atoms with E-state index in [0.717, 1.165) is 32.0 Å². The van der Waals surface area contributed by atoms with Crippen LogP contribution in [-0.4, -0.2) is 72.7 Å². The molecular weight excluding hydrogens is 366 g/mol. The van der Waals surface area contributed by atoms with Gasteiger partial charge in [0.1, 0.15) is 11.4 Å². The minimum absolute atomic E-state index is 0.00220. The first-order valence-corrected chi connectivity index (χ1v) is 11.4. The van der Waals surface area contributed by atoms with Gasteiger partial charge in [-0.3, -0.25) is 9.78 Å². The van der Waals surface area contributed by atoms with E-state index in [0.29, 0.717) is 23.9 Å². The molecule has 3 aliphatic rings. The number of likely N-dealkylation sites (tertiary alicyclic amines) is 1. The van der Waals surface area contributed by atoms with Crippen molar-refractivity contribution < 1.29 is 14.3 Å². The van der Waals surface area contributed by atoms with Crippen LogP contribution in [0.1, 0.15) is 61.9 Å². The maximum atomic E-state index is 13.3. The molecule has 3 fully saturated rings. The summed E-state index contributed by atoms with van der Waals surface area (Å²) >= 11 is 0. The highest BCUT2D eigenvalue weighted by molar-refractivity contribution is 5.92. The van der Waals surface area contributed by atoms with Crippen LogP contribution in [0.15, 0.2) is 18.3 Å². The quantitative estimate of drug-likeness (QED) is 0.701. The lowest BCUT2D eigenvalue weighted by Crippen LogP contribution is -2.45. The summed E-state index contributed by atoms with van der Waals surface area (Å²) in [4.78, 5) is 22.3. The number of carbonyl (C=O) groups excluding carboxylic acids is 1. The number of amides is 1. The number of pyridine rings is 1. The topological polar surface area (TPSA) is 54.9 Å². The molecule has 1 aromatic rings. The molecule has 4 rings (SSSR count). The van der Waals surface area contributed by atoms with Gasteiger partial charge in [0.25, 0.3) is 5.91 Å². The largest absolute Gasteiger partial charge is 0.497 e. The van der Waals surface area contributed by atoms with Crippen LogP contribution in [0.3, 0.4) is 0 Å². The van der Waals surface area contributed by atoms with Crippen LogP contribution < -0.4 is 4.74 Å². The monoisotopic (exact) mass is 401 g/mol. The number of ether oxygens (including phenoxy) is 2. The fourth-order valence-electron chi connectivity index (χ4n) is 5.17. The average Bonchev–Trinajstić information content (AvgIpc) is 3.48. The summed E-state index contributed by atoms with van der Waals surface area (Å²) in [6, 6.07) is 4.33. The van der Waals surface area contributed by atoms with Crippen LogP contribution in [0.4, 0.5) is 0 Å². The first-order valence-electron chi connectivity index (χ1n) is 11.4. The molecule has 0 bridgehead atoms. The third-order valence-electron chi connectivity index (χ3n) is 6.89. The highest BCUT2D eigenvalue weighted by atomic mass is 16.5. The molecule has 1 unspecified atom stereocenters. The summed E-state index contributed by atoms with van der Waals surface area (Å²) in [5.74, 6) is 1.23. The minimum atomic E-state index is -0.00220. The minimum Gasteiger partial charge on any atom is -0.497 e. The zero-order valence-corrected chi connectivity index (χ0v) is 17.7. The van der Waals surface area contributed by atoms with Crippen LogP contribution in [0.5, 0.6) is 5.75 Å². The fourth-order valence-corrected chi connectivity index (χ4v) is 5.17. The molecule has 29 heavy (non-hydrogen) atoms. The first kappa shape index (κ1) is 20.6. The number of nitrogens with zero attached hydrogens (tertiary/aromatic N) is 3. The van der Waals surface area contributed by atoms with Crippen molar-refractivity contribution in [3.8, 4) is 5.75 Å². The summed E-state index contributed by atoms with van der Waals surface area (Å²) in [5.41, 5.74) is 0.464. The summed E-state index contributed by atoms with van der Waals surface area (Å²) in [6.45, 7) is 4.63. The zero-order valence-electron chi connectivity index (χ0n) is 17.7. The smallest absolute Gasteiger partial charge is 0.272 e. The number of carbonyl (C=O) groups is 1. The number of hydrogen-bond donors (Lipinski definition) is 0. The number of methoxy groups -OCH3 is 1. The second kappa shape index (κ2) is 9.90. The van der Waals surface area contributed by atoms with Gasteiger partial charge in [-0.25, -0.2) is 0 Å². The van der Waals surface area contributed by atoms with Gasteiger partial charge >= 0.3 is 0 Å². The Morgan fingerprint density at radius 2 is 1.97 bits per heavy atom. The maximum absolute atomic E-state index is 13.3. The van der Waals surface area contributed by atoms with E-state index in [-0.39, 0.29) is 12.0 Å². The van der Waals surface area contributed by atoms with E-state index in [4.69, 9.17) is 9.47 Å². The van der Waals surface area contributed by atoms with E-state index >= 15 is 0 Å². The van der Waals surface area contributed by atoms with Crippen molar-refractivity contribution in [2.24, 2.45) is 5.92 Å². The Balaban J connectivity index is 1.39. The van der Waals surface area contributed by atoms with Gasteiger partial charge in [-0.2, -0.15) is 0 Å². The normalized spacial score (nSPS) is 24.1. The van der Waals surface area contributed by atoms with Crippen molar-refractivity contribution in [3.63, 3.8) is 0 Å². The van der Waals surface area contributed by atoms with Crippen molar-refractivity contribution in [1.82, 2.24) is 14.8 Å². The van der Waals surface area contributed by atoms with E-state index < -0.39 is 0 Å². The summed E-state index contributed by atoms with van der Waals surface area (Å²) in [7, 11) is 1.62. The lowest BCUT2D eigenvalue weighted by atomic mass is 9.94. The molecule has 0 radical (unpaired) electrons. The Morgan fingerprint density at radius 3 is 2.66 bits per heavy atom. The molecule has 0 N–H and O–H groups in total. The number of piperidine rings is 1. The molecule has 1 saturated carbocycles. The van der Waals surface area contributed by atoms with Crippen molar-refractivity contribution >= 4 is 5.91 Å². The number of aromatic nitrogens is 1. The molecule has 6 heteroatoms. The summed E-state index contributed by atoms with van der Waals surface area (Å²) < 4.78 is 11.1. The standard InChI is InChI=1S/C23H35N3O3/c1-28-20-8-11-24-22(15-20)23(27)26(17-21-7-4-14-29-21)16-18-9-12-25(13-10-18)19-5-2-3-6-19/h8,11,15,18-19,21H,2-7,9-10,12-14,16-17H2,1H3. The average molecular weight is 402 g/mol. The Kier molecular flexibility index (Phi) is 7.03.